The number of carbonyl (C=O) groups excluding carboxylic acids is 1. The number of urea groups is 1. The molecule has 0 aromatic heterocycles. The van der Waals surface area contributed by atoms with Crippen LogP contribution in [0.25, 0.3) is 0 Å². The van der Waals surface area contributed by atoms with E-state index in [2.05, 4.69) is 17.4 Å². The number of nitrogens with zero attached hydrogens (tertiary/aromatic N) is 2. The molecule has 0 unspecified atom stereocenters. The van der Waals surface area contributed by atoms with Gasteiger partial charge in [-0.2, -0.15) is 0 Å². The summed E-state index contributed by atoms with van der Waals surface area (Å²) in [5.41, 5.74) is 1.29. The fraction of sp³-hybridized carbons (Fsp3) is 0.600. The van der Waals surface area contributed by atoms with E-state index < -0.39 is 5.97 Å². The Labute approximate surface area is 165 Å². The van der Waals surface area contributed by atoms with Crippen molar-refractivity contribution in [2.75, 3.05) is 32.7 Å². The standard InChI is InChI=1S/C20H28ClN3O3/c1-2-23(13-18(25)26)17-7-11-24(12-8-17)19(27)22-14-20(9-10-20)15-3-5-16(21)6-4-15/h3-6,17H,2,7-14H2,1H3,(H,22,27)(H,25,26). The number of likely N-dealkylation sites (N-methyl/N-ethyl adjacent to an activating group) is 1. The lowest BCUT2D eigenvalue weighted by Gasteiger charge is -2.37. The van der Waals surface area contributed by atoms with E-state index in [-0.39, 0.29) is 24.0 Å². The van der Waals surface area contributed by atoms with Crippen LogP contribution < -0.4 is 5.32 Å². The molecule has 148 valence electrons. The van der Waals surface area contributed by atoms with E-state index in [1.54, 1.807) is 0 Å². The largest absolute Gasteiger partial charge is 0.480 e. The summed E-state index contributed by atoms with van der Waals surface area (Å²) in [4.78, 5) is 27.4. The first-order chi connectivity index (χ1) is 12.9. The highest BCUT2D eigenvalue weighted by Crippen LogP contribution is 2.47. The van der Waals surface area contributed by atoms with Gasteiger partial charge in [-0.3, -0.25) is 9.69 Å². The van der Waals surface area contributed by atoms with Crippen LogP contribution in [0, 0.1) is 0 Å². The Morgan fingerprint density at radius 1 is 1.26 bits per heavy atom. The van der Waals surface area contributed by atoms with Crippen molar-refractivity contribution in [1.29, 1.82) is 0 Å². The predicted octanol–water partition coefficient (Wildman–Crippen LogP) is 2.95. The second-order valence-electron chi connectivity index (χ2n) is 7.62. The summed E-state index contributed by atoms with van der Waals surface area (Å²) < 4.78 is 0. The number of hydrogen-bond acceptors (Lipinski definition) is 3. The third-order valence-corrected chi connectivity index (χ3v) is 6.15. The molecule has 2 fully saturated rings. The molecule has 0 bridgehead atoms. The number of likely N-dealkylation sites (tertiary alicyclic amines) is 1. The van der Waals surface area contributed by atoms with Crippen LogP contribution in [-0.4, -0.2) is 65.7 Å². The van der Waals surface area contributed by atoms with Gasteiger partial charge in [0.05, 0.1) is 6.54 Å². The van der Waals surface area contributed by atoms with Crippen molar-refractivity contribution in [3.63, 3.8) is 0 Å². The van der Waals surface area contributed by atoms with Gasteiger partial charge in [0.15, 0.2) is 0 Å². The normalized spacial score (nSPS) is 19.1. The zero-order chi connectivity index (χ0) is 19.4. The van der Waals surface area contributed by atoms with Crippen LogP contribution in [0.4, 0.5) is 4.79 Å². The smallest absolute Gasteiger partial charge is 0.317 e. The van der Waals surface area contributed by atoms with Crippen LogP contribution in [0.1, 0.15) is 38.2 Å². The van der Waals surface area contributed by atoms with Crippen molar-refractivity contribution < 1.29 is 14.7 Å². The minimum atomic E-state index is -0.797. The summed E-state index contributed by atoms with van der Waals surface area (Å²) in [6, 6.07) is 8.12. The fourth-order valence-electron chi connectivity index (χ4n) is 3.99. The summed E-state index contributed by atoms with van der Waals surface area (Å²) in [6.07, 6.45) is 3.79. The molecule has 1 saturated heterocycles. The molecule has 27 heavy (non-hydrogen) atoms. The van der Waals surface area contributed by atoms with Crippen molar-refractivity contribution in [3.8, 4) is 0 Å². The Balaban J connectivity index is 1.47. The maximum absolute atomic E-state index is 12.6. The molecule has 2 amide bonds. The highest BCUT2D eigenvalue weighted by Gasteiger charge is 2.44. The van der Waals surface area contributed by atoms with E-state index in [0.717, 1.165) is 30.7 Å². The number of rotatable bonds is 7. The molecule has 7 heteroatoms. The van der Waals surface area contributed by atoms with Gasteiger partial charge >= 0.3 is 12.0 Å². The Morgan fingerprint density at radius 3 is 2.41 bits per heavy atom. The van der Waals surface area contributed by atoms with Gasteiger partial charge in [0, 0.05) is 36.1 Å². The number of amides is 2. The minimum Gasteiger partial charge on any atom is -0.480 e. The summed E-state index contributed by atoms with van der Waals surface area (Å²) in [7, 11) is 0. The molecule has 1 saturated carbocycles. The number of carboxylic acids is 1. The molecule has 6 nitrogen and oxygen atoms in total. The van der Waals surface area contributed by atoms with Gasteiger partial charge < -0.3 is 15.3 Å². The van der Waals surface area contributed by atoms with Gasteiger partial charge in [-0.05, 0) is 49.9 Å². The molecule has 0 radical (unpaired) electrons. The molecule has 3 rings (SSSR count). The summed E-state index contributed by atoms with van der Waals surface area (Å²) >= 11 is 5.97. The Morgan fingerprint density at radius 2 is 1.89 bits per heavy atom. The zero-order valence-corrected chi connectivity index (χ0v) is 16.5. The number of piperidine rings is 1. The molecule has 0 atom stereocenters. The molecule has 1 aliphatic heterocycles. The van der Waals surface area contributed by atoms with E-state index in [0.29, 0.717) is 26.2 Å². The Hall–Kier alpha value is -1.79. The lowest BCUT2D eigenvalue weighted by atomic mass is 9.96. The van der Waals surface area contributed by atoms with Crippen LogP contribution in [0.3, 0.4) is 0 Å². The third kappa shape index (κ3) is 4.93. The van der Waals surface area contributed by atoms with Gasteiger partial charge in [0.25, 0.3) is 0 Å². The number of aliphatic carboxylic acids is 1. The monoisotopic (exact) mass is 393 g/mol. The topological polar surface area (TPSA) is 72.9 Å². The highest BCUT2D eigenvalue weighted by molar-refractivity contribution is 6.30. The van der Waals surface area contributed by atoms with Crippen LogP contribution in [0.2, 0.25) is 5.02 Å². The number of halogens is 1. The maximum atomic E-state index is 12.6. The Bertz CT molecular complexity index is 668. The molecular weight excluding hydrogens is 366 g/mol. The first-order valence-electron chi connectivity index (χ1n) is 9.68. The molecule has 1 aliphatic carbocycles. The maximum Gasteiger partial charge on any atom is 0.317 e. The average Bonchev–Trinajstić information content (AvgIpc) is 3.46. The predicted molar refractivity (Wildman–Crippen MR) is 105 cm³/mol. The van der Waals surface area contributed by atoms with E-state index in [9.17, 15) is 9.59 Å². The van der Waals surface area contributed by atoms with E-state index in [1.165, 1.54) is 5.56 Å². The summed E-state index contributed by atoms with van der Waals surface area (Å²) in [5.74, 6) is -0.797. The molecule has 2 aliphatic rings. The van der Waals surface area contributed by atoms with E-state index >= 15 is 0 Å². The van der Waals surface area contributed by atoms with Gasteiger partial charge in [-0.15, -0.1) is 0 Å². The van der Waals surface area contributed by atoms with Gasteiger partial charge in [-0.25, -0.2) is 4.79 Å². The summed E-state index contributed by atoms with van der Waals surface area (Å²) in [6.45, 7) is 4.74. The van der Waals surface area contributed by atoms with E-state index in [4.69, 9.17) is 16.7 Å². The molecule has 1 aromatic carbocycles. The van der Waals surface area contributed by atoms with Crippen LogP contribution >= 0.6 is 11.6 Å². The minimum absolute atomic E-state index is 0.0185. The van der Waals surface area contributed by atoms with Crippen molar-refractivity contribution in [1.82, 2.24) is 15.1 Å². The highest BCUT2D eigenvalue weighted by atomic mass is 35.5. The first-order valence-corrected chi connectivity index (χ1v) is 10.1. The second-order valence-corrected chi connectivity index (χ2v) is 8.06. The zero-order valence-electron chi connectivity index (χ0n) is 15.8. The SMILES string of the molecule is CCN(CC(=O)O)C1CCN(C(=O)NCC2(c3ccc(Cl)cc3)CC2)CC1. The van der Waals surface area contributed by atoms with Gasteiger partial charge in [0.1, 0.15) is 0 Å². The molecule has 0 spiro atoms. The fourth-order valence-corrected chi connectivity index (χ4v) is 4.11. The number of benzene rings is 1. The lowest BCUT2D eigenvalue weighted by molar-refractivity contribution is -0.139. The third-order valence-electron chi connectivity index (χ3n) is 5.90. The van der Waals surface area contributed by atoms with Crippen molar-refractivity contribution in [3.05, 3.63) is 34.9 Å². The van der Waals surface area contributed by atoms with Gasteiger partial charge in [0.2, 0.25) is 0 Å². The quantitative estimate of drug-likeness (QED) is 0.747. The molecule has 1 aromatic rings. The number of nitrogens with one attached hydrogen (secondary N) is 1. The molecule has 1 heterocycles. The molecule has 2 N–H and O–H groups in total. The van der Waals surface area contributed by atoms with Crippen LogP contribution in [0.15, 0.2) is 24.3 Å². The number of carboxylic acid groups (broad SMARTS) is 1. The van der Waals surface area contributed by atoms with Crippen molar-refractivity contribution in [2.45, 2.75) is 44.1 Å². The average molecular weight is 394 g/mol. The van der Waals surface area contributed by atoms with Crippen molar-refractivity contribution >= 4 is 23.6 Å². The van der Waals surface area contributed by atoms with Crippen molar-refractivity contribution in [2.24, 2.45) is 0 Å². The van der Waals surface area contributed by atoms with Crippen LogP contribution in [-0.2, 0) is 10.2 Å². The molecular formula is C20H28ClN3O3. The van der Waals surface area contributed by atoms with Crippen LogP contribution in [0.5, 0.6) is 0 Å². The number of carbonyl (C=O) groups is 2. The number of hydrogen-bond donors (Lipinski definition) is 2. The van der Waals surface area contributed by atoms with E-state index in [1.807, 2.05) is 28.9 Å². The Kier molecular flexibility index (Phi) is 6.27. The second kappa shape index (κ2) is 8.48. The lowest BCUT2D eigenvalue weighted by Crippen LogP contribution is -2.51. The summed E-state index contributed by atoms with van der Waals surface area (Å²) in [5, 5.41) is 12.9. The first kappa shape index (κ1) is 20.0. The van der Waals surface area contributed by atoms with Gasteiger partial charge in [-0.1, -0.05) is 30.7 Å².